The molecule has 1 aliphatic carbocycles. The highest BCUT2D eigenvalue weighted by atomic mass is 16.5. The molecule has 0 aromatic rings. The molecule has 0 bridgehead atoms. The number of ether oxygens (including phenoxy) is 1. The Hall–Kier alpha value is -0.610. The van der Waals surface area contributed by atoms with Crippen LogP contribution >= 0.6 is 0 Å². The largest absolute Gasteiger partial charge is 0.385 e. The van der Waals surface area contributed by atoms with Gasteiger partial charge in [-0.2, -0.15) is 0 Å². The average molecular weight is 282 g/mol. The molecule has 2 N–H and O–H groups in total. The smallest absolute Gasteiger partial charge is 0.226 e. The third-order valence-electron chi connectivity index (χ3n) is 5.06. The van der Waals surface area contributed by atoms with E-state index in [1.54, 1.807) is 7.11 Å². The fourth-order valence-corrected chi connectivity index (χ4v) is 3.69. The lowest BCUT2D eigenvalue weighted by Crippen LogP contribution is -2.41. The normalized spacial score (nSPS) is 25.6. The fourth-order valence-electron chi connectivity index (χ4n) is 3.69. The van der Waals surface area contributed by atoms with Crippen LogP contribution in [0.15, 0.2) is 0 Å². The van der Waals surface area contributed by atoms with Crippen molar-refractivity contribution in [1.29, 1.82) is 0 Å². The molecule has 1 amide bonds. The molecule has 0 aromatic heterocycles. The molecule has 4 heteroatoms. The van der Waals surface area contributed by atoms with Crippen LogP contribution < -0.4 is 10.6 Å². The van der Waals surface area contributed by atoms with Gasteiger partial charge in [-0.3, -0.25) is 4.79 Å². The van der Waals surface area contributed by atoms with Gasteiger partial charge in [-0.1, -0.05) is 12.8 Å². The van der Waals surface area contributed by atoms with Gasteiger partial charge in [0.25, 0.3) is 0 Å². The van der Waals surface area contributed by atoms with E-state index >= 15 is 0 Å². The molecule has 0 aromatic carbocycles. The number of piperidine rings is 1. The third kappa shape index (κ3) is 4.19. The number of amides is 1. The number of carbonyl (C=O) groups excluding carboxylic acids is 1. The Morgan fingerprint density at radius 2 is 2.15 bits per heavy atom. The molecule has 20 heavy (non-hydrogen) atoms. The molecule has 1 atom stereocenters. The Morgan fingerprint density at radius 3 is 2.80 bits per heavy atom. The highest BCUT2D eigenvalue weighted by Gasteiger charge is 2.40. The Bertz CT molecular complexity index is 295. The first kappa shape index (κ1) is 15.8. The average Bonchev–Trinajstić information content (AvgIpc) is 2.96. The highest BCUT2D eigenvalue weighted by Crippen LogP contribution is 2.41. The number of hydrogen-bond donors (Lipinski definition) is 2. The quantitative estimate of drug-likeness (QED) is 0.752. The lowest BCUT2D eigenvalue weighted by atomic mass is 9.82. The first-order valence-electron chi connectivity index (χ1n) is 8.25. The molecule has 0 spiro atoms. The molecular weight excluding hydrogens is 252 g/mol. The van der Waals surface area contributed by atoms with E-state index in [9.17, 15) is 4.79 Å². The summed E-state index contributed by atoms with van der Waals surface area (Å²) >= 11 is 0. The van der Waals surface area contributed by atoms with Gasteiger partial charge in [0.2, 0.25) is 5.91 Å². The van der Waals surface area contributed by atoms with E-state index in [2.05, 4.69) is 10.6 Å². The maximum Gasteiger partial charge on any atom is 0.226 e. The molecule has 4 nitrogen and oxygen atoms in total. The van der Waals surface area contributed by atoms with Crippen molar-refractivity contribution in [3.63, 3.8) is 0 Å². The van der Waals surface area contributed by atoms with Crippen molar-refractivity contribution in [2.24, 2.45) is 11.3 Å². The van der Waals surface area contributed by atoms with Gasteiger partial charge >= 0.3 is 0 Å². The van der Waals surface area contributed by atoms with E-state index in [1.807, 2.05) is 0 Å². The topological polar surface area (TPSA) is 50.4 Å². The molecule has 2 aliphatic rings. The van der Waals surface area contributed by atoms with E-state index in [0.717, 1.165) is 51.2 Å². The molecular formula is C16H30N2O2. The maximum atomic E-state index is 12.5. The van der Waals surface area contributed by atoms with Crippen LogP contribution in [0.1, 0.15) is 51.4 Å². The van der Waals surface area contributed by atoms with Crippen LogP contribution in [0.5, 0.6) is 0 Å². The van der Waals surface area contributed by atoms with E-state index in [0.29, 0.717) is 6.61 Å². The van der Waals surface area contributed by atoms with Gasteiger partial charge in [0.05, 0.1) is 5.41 Å². The van der Waals surface area contributed by atoms with E-state index in [4.69, 9.17) is 4.74 Å². The van der Waals surface area contributed by atoms with E-state index in [1.165, 1.54) is 25.7 Å². The summed E-state index contributed by atoms with van der Waals surface area (Å²) in [5.41, 5.74) is -0.138. The summed E-state index contributed by atoms with van der Waals surface area (Å²) in [6.45, 7) is 3.80. The van der Waals surface area contributed by atoms with E-state index < -0.39 is 0 Å². The van der Waals surface area contributed by atoms with Gasteiger partial charge in [0, 0.05) is 20.3 Å². The molecule has 1 saturated heterocycles. The molecule has 2 rings (SSSR count). The van der Waals surface area contributed by atoms with Gasteiger partial charge in [-0.15, -0.1) is 0 Å². The SMILES string of the molecule is COCCC1(C(=O)NCCC2CCCNC2)CCCC1. The van der Waals surface area contributed by atoms with Gasteiger partial charge in [-0.05, 0) is 57.5 Å². The minimum atomic E-state index is -0.138. The van der Waals surface area contributed by atoms with Crippen molar-refractivity contribution < 1.29 is 9.53 Å². The second-order valence-corrected chi connectivity index (χ2v) is 6.49. The van der Waals surface area contributed by atoms with Crippen molar-refractivity contribution in [2.75, 3.05) is 33.4 Å². The summed E-state index contributed by atoms with van der Waals surface area (Å²) in [7, 11) is 1.72. The third-order valence-corrected chi connectivity index (χ3v) is 5.06. The zero-order valence-electron chi connectivity index (χ0n) is 12.9. The highest BCUT2D eigenvalue weighted by molar-refractivity contribution is 5.82. The number of nitrogens with one attached hydrogen (secondary N) is 2. The predicted octanol–water partition coefficient (Wildman–Crippen LogP) is 2.09. The first-order valence-corrected chi connectivity index (χ1v) is 8.25. The Labute approximate surface area is 123 Å². The Morgan fingerprint density at radius 1 is 1.35 bits per heavy atom. The number of methoxy groups -OCH3 is 1. The molecule has 2 fully saturated rings. The van der Waals surface area contributed by atoms with Crippen LogP contribution in [0.2, 0.25) is 0 Å². The zero-order chi connectivity index (χ0) is 14.3. The summed E-state index contributed by atoms with van der Waals surface area (Å²) in [6.07, 6.45) is 9.00. The lowest BCUT2D eigenvalue weighted by Gasteiger charge is -2.28. The summed E-state index contributed by atoms with van der Waals surface area (Å²) in [5, 5.41) is 6.63. The lowest BCUT2D eigenvalue weighted by molar-refractivity contribution is -0.131. The van der Waals surface area contributed by atoms with Crippen LogP contribution in [0.25, 0.3) is 0 Å². The monoisotopic (exact) mass is 282 g/mol. The molecule has 1 saturated carbocycles. The van der Waals surface area contributed by atoms with Gasteiger partial charge in [-0.25, -0.2) is 0 Å². The standard InChI is InChI=1S/C16H30N2O2/c1-20-12-9-16(7-2-3-8-16)15(19)18-11-6-14-5-4-10-17-13-14/h14,17H,2-13H2,1H3,(H,18,19). The molecule has 1 aliphatic heterocycles. The number of hydrogen-bond acceptors (Lipinski definition) is 3. The van der Waals surface area contributed by atoms with Crippen LogP contribution in [0.4, 0.5) is 0 Å². The van der Waals surface area contributed by atoms with Crippen LogP contribution in [-0.2, 0) is 9.53 Å². The van der Waals surface area contributed by atoms with Gasteiger partial charge in [0.15, 0.2) is 0 Å². The summed E-state index contributed by atoms with van der Waals surface area (Å²) < 4.78 is 5.19. The minimum absolute atomic E-state index is 0.138. The molecule has 1 heterocycles. The van der Waals surface area contributed by atoms with Gasteiger partial charge in [0.1, 0.15) is 0 Å². The van der Waals surface area contributed by atoms with Crippen LogP contribution in [0.3, 0.4) is 0 Å². The van der Waals surface area contributed by atoms with Crippen LogP contribution in [0, 0.1) is 11.3 Å². The van der Waals surface area contributed by atoms with Crippen molar-refractivity contribution in [3.05, 3.63) is 0 Å². The number of rotatable bonds is 7. The Balaban J connectivity index is 1.73. The minimum Gasteiger partial charge on any atom is -0.385 e. The van der Waals surface area contributed by atoms with E-state index in [-0.39, 0.29) is 11.3 Å². The van der Waals surface area contributed by atoms with Crippen molar-refractivity contribution in [3.8, 4) is 0 Å². The zero-order valence-corrected chi connectivity index (χ0v) is 12.9. The van der Waals surface area contributed by atoms with Gasteiger partial charge < -0.3 is 15.4 Å². The molecule has 116 valence electrons. The number of carbonyl (C=O) groups is 1. The Kier molecular flexibility index (Phi) is 6.30. The predicted molar refractivity (Wildman–Crippen MR) is 80.6 cm³/mol. The second-order valence-electron chi connectivity index (χ2n) is 6.49. The van der Waals surface area contributed by atoms with Crippen molar-refractivity contribution in [2.45, 2.75) is 51.4 Å². The molecule has 1 unspecified atom stereocenters. The fraction of sp³-hybridized carbons (Fsp3) is 0.938. The first-order chi connectivity index (χ1) is 9.77. The molecule has 0 radical (unpaired) electrons. The second kappa shape index (κ2) is 7.99. The van der Waals surface area contributed by atoms with Crippen molar-refractivity contribution in [1.82, 2.24) is 10.6 Å². The maximum absolute atomic E-state index is 12.5. The summed E-state index contributed by atoms with van der Waals surface area (Å²) in [6, 6.07) is 0. The summed E-state index contributed by atoms with van der Waals surface area (Å²) in [5.74, 6) is 1.01. The van der Waals surface area contributed by atoms with Crippen LogP contribution in [-0.4, -0.2) is 39.3 Å². The summed E-state index contributed by atoms with van der Waals surface area (Å²) in [4.78, 5) is 12.5. The van der Waals surface area contributed by atoms with Crippen molar-refractivity contribution >= 4 is 5.91 Å².